The van der Waals surface area contributed by atoms with Crippen molar-refractivity contribution in [2.45, 2.75) is 33.3 Å². The Morgan fingerprint density at radius 3 is 2.04 bits per heavy atom. The number of aromatic nitrogens is 1. The van der Waals surface area contributed by atoms with Gasteiger partial charge in [0.05, 0.1) is 5.56 Å². The summed E-state index contributed by atoms with van der Waals surface area (Å²) < 4.78 is 7.71. The summed E-state index contributed by atoms with van der Waals surface area (Å²) in [6, 6.07) is 20.0. The molecule has 3 rings (SSSR count). The normalized spacial score (nSPS) is 11.4. The van der Waals surface area contributed by atoms with E-state index in [2.05, 4.69) is 0 Å². The fourth-order valence-electron chi connectivity index (χ4n) is 2.89. The molecule has 3 heteroatoms. The number of esters is 1. The van der Waals surface area contributed by atoms with Crippen LogP contribution in [0.4, 0.5) is 0 Å². The second-order valence-corrected chi connectivity index (χ2v) is 7.08. The van der Waals surface area contributed by atoms with Crippen molar-refractivity contribution in [2.75, 3.05) is 0 Å². The van der Waals surface area contributed by atoms with Gasteiger partial charge in [0.2, 0.25) is 0 Å². The zero-order valence-corrected chi connectivity index (χ0v) is 15.1. The maximum atomic E-state index is 12.9. The van der Waals surface area contributed by atoms with E-state index < -0.39 is 5.60 Å². The summed E-state index contributed by atoms with van der Waals surface area (Å²) in [5.74, 6) is -0.293. The average molecular weight is 333 g/mol. The SMILES string of the molecule is Cc1c(C(=O)OC(C)(C)C)c(-c2ccccc2)cn1-c1ccccc1. The average Bonchev–Trinajstić information content (AvgIpc) is 2.92. The van der Waals surface area contributed by atoms with Gasteiger partial charge in [-0.15, -0.1) is 0 Å². The highest BCUT2D eigenvalue weighted by molar-refractivity contribution is 5.99. The Bertz CT molecular complexity index is 872. The lowest BCUT2D eigenvalue weighted by Gasteiger charge is -2.20. The van der Waals surface area contributed by atoms with E-state index in [1.165, 1.54) is 0 Å². The van der Waals surface area contributed by atoms with Crippen LogP contribution in [-0.4, -0.2) is 16.1 Å². The molecule has 0 spiro atoms. The minimum atomic E-state index is -0.535. The molecule has 0 fully saturated rings. The van der Waals surface area contributed by atoms with Crippen LogP contribution in [0, 0.1) is 6.92 Å². The van der Waals surface area contributed by atoms with Crippen LogP contribution < -0.4 is 0 Å². The van der Waals surface area contributed by atoms with Gasteiger partial charge in [-0.1, -0.05) is 48.5 Å². The molecular formula is C22H23NO2. The lowest BCUT2D eigenvalue weighted by Crippen LogP contribution is -2.24. The van der Waals surface area contributed by atoms with E-state index in [1.807, 2.05) is 99.1 Å². The molecule has 0 unspecified atom stereocenters. The molecule has 128 valence electrons. The zero-order valence-electron chi connectivity index (χ0n) is 15.1. The van der Waals surface area contributed by atoms with E-state index in [4.69, 9.17) is 4.74 Å². The molecule has 3 aromatic rings. The van der Waals surface area contributed by atoms with Crippen LogP contribution in [0.3, 0.4) is 0 Å². The molecule has 0 amide bonds. The largest absolute Gasteiger partial charge is 0.456 e. The Hall–Kier alpha value is -2.81. The van der Waals surface area contributed by atoms with Gasteiger partial charge in [0.25, 0.3) is 0 Å². The standard InChI is InChI=1S/C22H23NO2/c1-16-20(21(24)25-22(2,3)4)19(17-11-7-5-8-12-17)15-23(16)18-13-9-6-10-14-18/h5-15H,1-4H3. The summed E-state index contributed by atoms with van der Waals surface area (Å²) in [6.07, 6.45) is 2.01. The molecule has 0 aliphatic heterocycles. The first-order chi connectivity index (χ1) is 11.9. The van der Waals surface area contributed by atoms with Gasteiger partial charge in [-0.2, -0.15) is 0 Å². The van der Waals surface area contributed by atoms with E-state index in [1.54, 1.807) is 0 Å². The molecule has 0 saturated carbocycles. The van der Waals surface area contributed by atoms with E-state index in [0.717, 1.165) is 22.5 Å². The second-order valence-electron chi connectivity index (χ2n) is 7.08. The molecule has 0 bridgehead atoms. The van der Waals surface area contributed by atoms with E-state index in [-0.39, 0.29) is 5.97 Å². The number of hydrogen-bond acceptors (Lipinski definition) is 2. The number of hydrogen-bond donors (Lipinski definition) is 0. The number of carbonyl (C=O) groups is 1. The van der Waals surface area contributed by atoms with Crippen molar-refractivity contribution < 1.29 is 9.53 Å². The van der Waals surface area contributed by atoms with Gasteiger partial charge in [-0.3, -0.25) is 0 Å². The van der Waals surface area contributed by atoms with Crippen LogP contribution in [0.1, 0.15) is 36.8 Å². The monoisotopic (exact) mass is 333 g/mol. The van der Waals surface area contributed by atoms with Gasteiger partial charge < -0.3 is 9.30 Å². The quantitative estimate of drug-likeness (QED) is 0.600. The number of benzene rings is 2. The summed E-state index contributed by atoms with van der Waals surface area (Å²) in [7, 11) is 0. The third-order valence-corrected chi connectivity index (χ3v) is 3.97. The first-order valence-electron chi connectivity index (χ1n) is 8.43. The highest BCUT2D eigenvalue weighted by atomic mass is 16.6. The van der Waals surface area contributed by atoms with E-state index in [9.17, 15) is 4.79 Å². The molecular weight excluding hydrogens is 310 g/mol. The first kappa shape index (κ1) is 17.0. The number of para-hydroxylation sites is 1. The van der Waals surface area contributed by atoms with Crippen molar-refractivity contribution in [3.05, 3.63) is 78.1 Å². The molecule has 0 aliphatic rings. The van der Waals surface area contributed by atoms with Gasteiger partial charge in [-0.05, 0) is 45.4 Å². The van der Waals surface area contributed by atoms with Crippen LogP contribution in [0.2, 0.25) is 0 Å². The molecule has 1 aromatic heterocycles. The molecule has 0 atom stereocenters. The van der Waals surface area contributed by atoms with Crippen LogP contribution in [0.25, 0.3) is 16.8 Å². The van der Waals surface area contributed by atoms with E-state index in [0.29, 0.717) is 5.56 Å². The van der Waals surface area contributed by atoms with Crippen LogP contribution in [0.5, 0.6) is 0 Å². The van der Waals surface area contributed by atoms with Crippen molar-refractivity contribution in [1.82, 2.24) is 4.57 Å². The van der Waals surface area contributed by atoms with Gasteiger partial charge >= 0.3 is 5.97 Å². The fourth-order valence-corrected chi connectivity index (χ4v) is 2.89. The lowest BCUT2D eigenvalue weighted by atomic mass is 10.0. The summed E-state index contributed by atoms with van der Waals surface area (Å²) in [4.78, 5) is 12.9. The minimum Gasteiger partial charge on any atom is -0.456 e. The topological polar surface area (TPSA) is 31.2 Å². The summed E-state index contributed by atoms with van der Waals surface area (Å²) >= 11 is 0. The Morgan fingerprint density at radius 2 is 1.48 bits per heavy atom. The third kappa shape index (κ3) is 3.66. The van der Waals surface area contributed by atoms with Crippen molar-refractivity contribution in [3.63, 3.8) is 0 Å². The molecule has 2 aromatic carbocycles. The molecule has 1 heterocycles. The van der Waals surface area contributed by atoms with Gasteiger partial charge in [0, 0.05) is 23.1 Å². The zero-order chi connectivity index (χ0) is 18.0. The first-order valence-corrected chi connectivity index (χ1v) is 8.43. The summed E-state index contributed by atoms with van der Waals surface area (Å²) in [5, 5.41) is 0. The number of rotatable bonds is 3. The van der Waals surface area contributed by atoms with Crippen molar-refractivity contribution in [3.8, 4) is 16.8 Å². The molecule has 0 aliphatic carbocycles. The fraction of sp³-hybridized carbons (Fsp3) is 0.227. The van der Waals surface area contributed by atoms with Gasteiger partial charge in [0.15, 0.2) is 0 Å². The van der Waals surface area contributed by atoms with Gasteiger partial charge in [0.1, 0.15) is 5.60 Å². The number of carbonyl (C=O) groups excluding carboxylic acids is 1. The summed E-state index contributed by atoms with van der Waals surface area (Å²) in [6.45, 7) is 7.61. The Labute approximate surface area is 148 Å². The van der Waals surface area contributed by atoms with Crippen LogP contribution in [-0.2, 0) is 4.74 Å². The summed E-state index contributed by atoms with van der Waals surface area (Å²) in [5.41, 5.74) is 3.86. The molecule has 3 nitrogen and oxygen atoms in total. The predicted octanol–water partition coefficient (Wildman–Crippen LogP) is 5.41. The number of nitrogens with zero attached hydrogens (tertiary/aromatic N) is 1. The Kier molecular flexibility index (Phi) is 4.49. The van der Waals surface area contributed by atoms with E-state index >= 15 is 0 Å². The predicted molar refractivity (Wildman–Crippen MR) is 101 cm³/mol. The lowest BCUT2D eigenvalue weighted by molar-refractivity contribution is 0.00697. The maximum Gasteiger partial charge on any atom is 0.341 e. The molecule has 25 heavy (non-hydrogen) atoms. The molecule has 0 saturated heterocycles. The molecule has 0 radical (unpaired) electrons. The Balaban J connectivity index is 2.18. The van der Waals surface area contributed by atoms with Crippen molar-refractivity contribution >= 4 is 5.97 Å². The highest BCUT2D eigenvalue weighted by Crippen LogP contribution is 2.31. The minimum absolute atomic E-state index is 0.293. The van der Waals surface area contributed by atoms with Crippen molar-refractivity contribution in [1.29, 1.82) is 0 Å². The molecule has 0 N–H and O–H groups in total. The second kappa shape index (κ2) is 6.60. The highest BCUT2D eigenvalue weighted by Gasteiger charge is 2.26. The van der Waals surface area contributed by atoms with Crippen LogP contribution in [0.15, 0.2) is 66.9 Å². The smallest absolute Gasteiger partial charge is 0.341 e. The van der Waals surface area contributed by atoms with Crippen LogP contribution >= 0.6 is 0 Å². The van der Waals surface area contributed by atoms with Crippen molar-refractivity contribution in [2.24, 2.45) is 0 Å². The Morgan fingerprint density at radius 1 is 0.920 bits per heavy atom. The maximum absolute atomic E-state index is 12.9. The van der Waals surface area contributed by atoms with Gasteiger partial charge in [-0.25, -0.2) is 4.79 Å². The number of ether oxygens (including phenoxy) is 1. The third-order valence-electron chi connectivity index (χ3n) is 3.97.